The maximum absolute atomic E-state index is 12.9. The van der Waals surface area contributed by atoms with Crippen LogP contribution in [0.5, 0.6) is 0 Å². The summed E-state index contributed by atoms with van der Waals surface area (Å²) in [6, 6.07) is 20.5. The van der Waals surface area contributed by atoms with Crippen LogP contribution in [0.4, 0.5) is 0 Å². The highest BCUT2D eigenvalue weighted by Gasteiger charge is 2.34. The van der Waals surface area contributed by atoms with Crippen molar-refractivity contribution in [2.75, 3.05) is 26.4 Å². The van der Waals surface area contributed by atoms with Crippen molar-refractivity contribution in [2.45, 2.75) is 57.7 Å². The molecule has 1 heterocycles. The molecule has 0 bridgehead atoms. The highest BCUT2D eigenvalue weighted by atomic mass is 16.6. The lowest BCUT2D eigenvalue weighted by Crippen LogP contribution is -2.52. The van der Waals surface area contributed by atoms with Gasteiger partial charge in [0.15, 0.2) is 0 Å². The maximum atomic E-state index is 12.9. The number of carbonyl (C=O) groups excluding carboxylic acids is 1. The molecule has 1 fully saturated rings. The maximum Gasteiger partial charge on any atom is 0.323 e. The molecule has 2 aromatic carbocycles. The quantitative estimate of drug-likeness (QED) is 0.643. The summed E-state index contributed by atoms with van der Waals surface area (Å²) in [5, 5.41) is 9.88. The number of likely N-dealkylation sites (tertiary alicyclic amines) is 1. The third kappa shape index (κ3) is 6.63. The van der Waals surface area contributed by atoms with Gasteiger partial charge in [0.05, 0.1) is 19.3 Å². The molecule has 1 atom stereocenters. The minimum Gasteiger partial charge on any atom is -0.459 e. The van der Waals surface area contributed by atoms with Crippen LogP contribution in [0.25, 0.3) is 0 Å². The van der Waals surface area contributed by atoms with Gasteiger partial charge in [0.1, 0.15) is 11.6 Å². The van der Waals surface area contributed by atoms with E-state index in [0.29, 0.717) is 13.2 Å². The SMILES string of the molecule is CC(C)(C)OC(=O)C1CCCCN1CN(CCO)C(c1ccccc1)c1ccccc1. The van der Waals surface area contributed by atoms with E-state index < -0.39 is 5.60 Å². The van der Waals surface area contributed by atoms with Crippen molar-refractivity contribution < 1.29 is 14.6 Å². The van der Waals surface area contributed by atoms with Gasteiger partial charge in [0.2, 0.25) is 0 Å². The minimum atomic E-state index is -0.498. The molecule has 0 aromatic heterocycles. The van der Waals surface area contributed by atoms with E-state index in [2.05, 4.69) is 34.1 Å². The van der Waals surface area contributed by atoms with E-state index >= 15 is 0 Å². The van der Waals surface area contributed by atoms with Crippen LogP contribution in [0, 0.1) is 0 Å². The summed E-state index contributed by atoms with van der Waals surface area (Å²) in [4.78, 5) is 17.4. The molecule has 0 spiro atoms. The van der Waals surface area contributed by atoms with Crippen LogP contribution in [0.3, 0.4) is 0 Å². The molecular weight excluding hydrogens is 388 g/mol. The molecule has 3 rings (SSSR count). The topological polar surface area (TPSA) is 53.0 Å². The predicted octanol–water partition coefficient (Wildman–Crippen LogP) is 4.22. The number of rotatable bonds is 8. The van der Waals surface area contributed by atoms with Gasteiger partial charge in [-0.1, -0.05) is 67.1 Å². The van der Waals surface area contributed by atoms with Gasteiger partial charge in [0.25, 0.3) is 0 Å². The summed E-state index contributed by atoms with van der Waals surface area (Å²) in [5.74, 6) is -0.146. The Morgan fingerprint density at radius 2 is 1.65 bits per heavy atom. The number of aliphatic hydroxyl groups excluding tert-OH is 1. The van der Waals surface area contributed by atoms with E-state index in [1.165, 1.54) is 11.1 Å². The largest absolute Gasteiger partial charge is 0.459 e. The highest BCUT2D eigenvalue weighted by molar-refractivity contribution is 5.76. The van der Waals surface area contributed by atoms with Crippen molar-refractivity contribution in [3.05, 3.63) is 71.8 Å². The molecule has 1 saturated heterocycles. The lowest BCUT2D eigenvalue weighted by Gasteiger charge is -2.41. The number of carbonyl (C=O) groups is 1. The molecule has 1 unspecified atom stereocenters. The standard InChI is InChI=1S/C26H36N2O3/c1-26(2,3)31-25(30)23-16-10-11-17-27(23)20-28(18-19-29)24(21-12-6-4-7-13-21)22-14-8-5-9-15-22/h4-9,12-15,23-24,29H,10-11,16-20H2,1-3H3. The first kappa shape index (κ1) is 23.5. The van der Waals surface area contributed by atoms with E-state index in [9.17, 15) is 9.90 Å². The first-order valence-corrected chi connectivity index (χ1v) is 11.3. The van der Waals surface area contributed by atoms with Crippen LogP contribution in [0.2, 0.25) is 0 Å². The number of benzene rings is 2. The number of piperidine rings is 1. The molecule has 1 N–H and O–H groups in total. The summed E-state index contributed by atoms with van der Waals surface area (Å²) in [7, 11) is 0. The fourth-order valence-corrected chi connectivity index (χ4v) is 4.32. The molecular formula is C26H36N2O3. The lowest BCUT2D eigenvalue weighted by atomic mass is 9.96. The second-order valence-electron chi connectivity index (χ2n) is 9.26. The van der Waals surface area contributed by atoms with Gasteiger partial charge in [-0.3, -0.25) is 14.6 Å². The van der Waals surface area contributed by atoms with E-state index in [4.69, 9.17) is 4.74 Å². The zero-order valence-electron chi connectivity index (χ0n) is 19.0. The van der Waals surface area contributed by atoms with E-state index in [-0.39, 0.29) is 24.7 Å². The van der Waals surface area contributed by atoms with E-state index in [1.54, 1.807) is 0 Å². The third-order valence-electron chi connectivity index (χ3n) is 5.64. The molecule has 0 radical (unpaired) electrons. The number of nitrogens with zero attached hydrogens (tertiary/aromatic N) is 2. The van der Waals surface area contributed by atoms with Crippen LogP contribution < -0.4 is 0 Å². The minimum absolute atomic E-state index is 0.00392. The second-order valence-corrected chi connectivity index (χ2v) is 9.26. The molecule has 0 amide bonds. The number of hydrogen-bond donors (Lipinski definition) is 1. The fourth-order valence-electron chi connectivity index (χ4n) is 4.32. The summed E-state index contributed by atoms with van der Waals surface area (Å²) in [6.07, 6.45) is 2.90. The monoisotopic (exact) mass is 424 g/mol. The fraction of sp³-hybridized carbons (Fsp3) is 0.500. The molecule has 168 valence electrons. The van der Waals surface area contributed by atoms with Crippen LogP contribution in [-0.4, -0.2) is 58.9 Å². The number of esters is 1. The lowest BCUT2D eigenvalue weighted by molar-refractivity contribution is -0.164. The van der Waals surface area contributed by atoms with E-state index in [1.807, 2.05) is 57.2 Å². The van der Waals surface area contributed by atoms with Gasteiger partial charge in [-0.2, -0.15) is 0 Å². The number of ether oxygens (including phenoxy) is 1. The van der Waals surface area contributed by atoms with Crippen molar-refractivity contribution in [2.24, 2.45) is 0 Å². The Kier molecular flexibility index (Phi) is 8.24. The summed E-state index contributed by atoms with van der Waals surface area (Å²) < 4.78 is 5.73. The Balaban J connectivity index is 1.88. The van der Waals surface area contributed by atoms with Crippen LogP contribution in [-0.2, 0) is 9.53 Å². The average molecular weight is 425 g/mol. The Morgan fingerprint density at radius 1 is 1.06 bits per heavy atom. The van der Waals surface area contributed by atoms with Crippen molar-refractivity contribution in [1.29, 1.82) is 0 Å². The Bertz CT molecular complexity index is 765. The molecule has 5 heteroatoms. The van der Waals surface area contributed by atoms with Crippen LogP contribution >= 0.6 is 0 Å². The second kappa shape index (κ2) is 10.9. The van der Waals surface area contributed by atoms with E-state index in [0.717, 1.165) is 25.8 Å². The van der Waals surface area contributed by atoms with Gasteiger partial charge in [-0.05, 0) is 44.7 Å². The normalized spacial score (nSPS) is 17.8. The summed E-state index contributed by atoms with van der Waals surface area (Å²) in [5.41, 5.74) is 1.85. The zero-order valence-corrected chi connectivity index (χ0v) is 19.0. The number of hydrogen-bond acceptors (Lipinski definition) is 5. The first-order chi connectivity index (χ1) is 14.9. The molecule has 2 aromatic rings. The third-order valence-corrected chi connectivity index (χ3v) is 5.64. The Morgan fingerprint density at radius 3 is 2.16 bits per heavy atom. The van der Waals surface area contributed by atoms with Crippen molar-refractivity contribution >= 4 is 5.97 Å². The highest BCUT2D eigenvalue weighted by Crippen LogP contribution is 2.30. The Hall–Kier alpha value is -2.21. The van der Waals surface area contributed by atoms with Crippen LogP contribution in [0.1, 0.15) is 57.2 Å². The Labute approximate surface area is 186 Å². The van der Waals surface area contributed by atoms with Gasteiger partial charge in [-0.25, -0.2) is 0 Å². The summed E-state index contributed by atoms with van der Waals surface area (Å²) >= 11 is 0. The predicted molar refractivity (Wildman–Crippen MR) is 124 cm³/mol. The van der Waals surface area contributed by atoms with Gasteiger partial charge < -0.3 is 9.84 Å². The first-order valence-electron chi connectivity index (χ1n) is 11.3. The molecule has 1 aliphatic rings. The average Bonchev–Trinajstić information content (AvgIpc) is 2.75. The molecule has 0 saturated carbocycles. The van der Waals surface area contributed by atoms with Crippen molar-refractivity contribution in [3.8, 4) is 0 Å². The molecule has 5 nitrogen and oxygen atoms in total. The van der Waals surface area contributed by atoms with Crippen LogP contribution in [0.15, 0.2) is 60.7 Å². The smallest absolute Gasteiger partial charge is 0.323 e. The molecule has 0 aliphatic carbocycles. The van der Waals surface area contributed by atoms with Gasteiger partial charge in [-0.15, -0.1) is 0 Å². The summed E-state index contributed by atoms with van der Waals surface area (Å²) in [6.45, 7) is 7.76. The molecule has 31 heavy (non-hydrogen) atoms. The van der Waals surface area contributed by atoms with Gasteiger partial charge >= 0.3 is 5.97 Å². The van der Waals surface area contributed by atoms with Crippen molar-refractivity contribution in [1.82, 2.24) is 9.80 Å². The zero-order chi connectivity index (χ0) is 22.3. The molecule has 1 aliphatic heterocycles. The van der Waals surface area contributed by atoms with Crippen molar-refractivity contribution in [3.63, 3.8) is 0 Å². The number of aliphatic hydroxyl groups is 1. The van der Waals surface area contributed by atoms with Gasteiger partial charge in [0, 0.05) is 13.1 Å².